The van der Waals surface area contributed by atoms with Crippen LogP contribution in [0.5, 0.6) is 17.2 Å². The highest BCUT2D eigenvalue weighted by Crippen LogP contribution is 2.41. The van der Waals surface area contributed by atoms with Gasteiger partial charge in [-0.1, -0.05) is 12.1 Å². The average molecular weight is 468 g/mol. The van der Waals surface area contributed by atoms with Crippen molar-refractivity contribution in [2.45, 2.75) is 6.04 Å². The quantitative estimate of drug-likeness (QED) is 0.608. The predicted octanol–water partition coefficient (Wildman–Crippen LogP) is 4.17. The Kier molecular flexibility index (Phi) is 6.36. The van der Waals surface area contributed by atoms with Crippen LogP contribution in [0.25, 0.3) is 0 Å². The molecule has 0 bridgehead atoms. The molecule has 1 atom stereocenters. The lowest BCUT2D eigenvalue weighted by Gasteiger charge is -2.31. The Balaban J connectivity index is 1.90. The number of halogens is 2. The van der Waals surface area contributed by atoms with Crippen molar-refractivity contribution in [2.75, 3.05) is 33.2 Å². The van der Waals surface area contributed by atoms with Crippen LogP contribution in [0.3, 0.4) is 0 Å². The first-order chi connectivity index (χ1) is 16.4. The molecule has 3 aromatic rings. The molecule has 1 unspecified atom stereocenters. The van der Waals surface area contributed by atoms with E-state index in [2.05, 4.69) is 5.32 Å². The number of hydrogen-bond acceptors (Lipinski definition) is 5. The molecule has 9 heteroatoms. The lowest BCUT2D eigenvalue weighted by atomic mass is 9.95. The Labute approximate surface area is 194 Å². The van der Waals surface area contributed by atoms with Crippen LogP contribution in [-0.2, 0) is 4.79 Å². The largest absolute Gasteiger partial charge is 0.493 e. The van der Waals surface area contributed by atoms with E-state index in [-0.39, 0.29) is 23.6 Å². The maximum absolute atomic E-state index is 14.3. The first-order valence-electron chi connectivity index (χ1n) is 10.3. The van der Waals surface area contributed by atoms with E-state index in [4.69, 9.17) is 14.2 Å². The zero-order valence-corrected chi connectivity index (χ0v) is 18.7. The van der Waals surface area contributed by atoms with E-state index in [1.54, 1.807) is 0 Å². The summed E-state index contributed by atoms with van der Waals surface area (Å²) in [5, 5.41) is 2.72. The highest BCUT2D eigenvalue weighted by Gasteiger charge is 2.35. The number of rotatable bonds is 5. The zero-order chi connectivity index (χ0) is 24.4. The Morgan fingerprint density at radius 3 is 2.12 bits per heavy atom. The smallest absolute Gasteiger partial charge is 0.255 e. The second kappa shape index (κ2) is 9.38. The Hall–Kier alpha value is -4.14. The number of fused-ring (bicyclic) bond motifs is 1. The molecule has 4 rings (SSSR count). The number of benzene rings is 3. The molecule has 3 aromatic carbocycles. The minimum absolute atomic E-state index is 0.161. The molecule has 1 N–H and O–H groups in total. The third-order valence-electron chi connectivity index (χ3n) is 5.57. The molecule has 1 aliphatic heterocycles. The van der Waals surface area contributed by atoms with Crippen LogP contribution < -0.4 is 19.5 Å². The van der Waals surface area contributed by atoms with Crippen molar-refractivity contribution in [3.63, 3.8) is 0 Å². The molecule has 7 nitrogen and oxygen atoms in total. The Bertz CT molecular complexity index is 1220. The van der Waals surface area contributed by atoms with Crippen molar-refractivity contribution in [3.8, 4) is 17.2 Å². The van der Waals surface area contributed by atoms with Crippen molar-refractivity contribution >= 4 is 17.5 Å². The Morgan fingerprint density at radius 1 is 0.912 bits per heavy atom. The number of methoxy groups -OCH3 is 3. The number of carbonyl (C=O) groups excluding carboxylic acids is 2. The molecule has 0 aliphatic carbocycles. The van der Waals surface area contributed by atoms with Crippen molar-refractivity contribution in [3.05, 3.63) is 82.9 Å². The van der Waals surface area contributed by atoms with E-state index in [1.807, 2.05) is 0 Å². The van der Waals surface area contributed by atoms with Gasteiger partial charge in [-0.3, -0.25) is 9.59 Å². The van der Waals surface area contributed by atoms with Crippen LogP contribution in [0.15, 0.2) is 54.6 Å². The van der Waals surface area contributed by atoms with Gasteiger partial charge in [0.1, 0.15) is 18.2 Å². The van der Waals surface area contributed by atoms with E-state index in [9.17, 15) is 18.4 Å². The molecule has 0 saturated carbocycles. The molecule has 2 amide bonds. The molecule has 0 radical (unpaired) electrons. The molecule has 1 heterocycles. The van der Waals surface area contributed by atoms with E-state index in [1.165, 1.54) is 80.8 Å². The normalized spacial score (nSPS) is 15.1. The monoisotopic (exact) mass is 468 g/mol. The fraction of sp³-hybridized carbons (Fsp3) is 0.200. The van der Waals surface area contributed by atoms with Gasteiger partial charge in [-0.05, 0) is 48.0 Å². The minimum Gasteiger partial charge on any atom is -0.493 e. The first kappa shape index (κ1) is 23.0. The number of hydrogen-bond donors (Lipinski definition) is 1. The molecule has 0 saturated heterocycles. The van der Waals surface area contributed by atoms with Gasteiger partial charge in [-0.15, -0.1) is 0 Å². The van der Waals surface area contributed by atoms with Gasteiger partial charge >= 0.3 is 0 Å². The number of nitrogens with zero attached hydrogens (tertiary/aromatic N) is 1. The summed E-state index contributed by atoms with van der Waals surface area (Å²) in [6, 6.07) is 11.5. The maximum Gasteiger partial charge on any atom is 0.255 e. The summed E-state index contributed by atoms with van der Waals surface area (Å²) in [4.78, 5) is 27.8. The summed E-state index contributed by atoms with van der Waals surface area (Å²) < 4.78 is 44.0. The van der Waals surface area contributed by atoms with Gasteiger partial charge in [0, 0.05) is 16.8 Å². The second-order valence-corrected chi connectivity index (χ2v) is 7.58. The molecule has 0 spiro atoms. The van der Waals surface area contributed by atoms with Crippen LogP contribution >= 0.6 is 0 Å². The average Bonchev–Trinajstić information content (AvgIpc) is 2.98. The van der Waals surface area contributed by atoms with Gasteiger partial charge in [0.15, 0.2) is 11.5 Å². The number of anilines is 1. The maximum atomic E-state index is 14.3. The SMILES string of the molecule is COc1cc(C(=O)N2CC(=O)Nc3ccc(F)cc3C2c2ccc(F)cc2)cc(OC)c1OC. The van der Waals surface area contributed by atoms with Crippen molar-refractivity contribution in [1.29, 1.82) is 0 Å². The summed E-state index contributed by atoms with van der Waals surface area (Å²) in [5.41, 5.74) is 1.39. The molecule has 34 heavy (non-hydrogen) atoms. The van der Waals surface area contributed by atoms with E-state index >= 15 is 0 Å². The fourth-order valence-electron chi connectivity index (χ4n) is 4.04. The minimum atomic E-state index is -0.878. The lowest BCUT2D eigenvalue weighted by molar-refractivity contribution is -0.117. The van der Waals surface area contributed by atoms with E-state index in [0.717, 1.165) is 0 Å². The van der Waals surface area contributed by atoms with Crippen LogP contribution in [-0.4, -0.2) is 44.6 Å². The summed E-state index contributed by atoms with van der Waals surface area (Å²) in [5.74, 6) is -1.18. The predicted molar refractivity (Wildman–Crippen MR) is 120 cm³/mol. The van der Waals surface area contributed by atoms with Gasteiger partial charge in [-0.2, -0.15) is 0 Å². The van der Waals surface area contributed by atoms with Gasteiger partial charge in [-0.25, -0.2) is 8.78 Å². The lowest BCUT2D eigenvalue weighted by Crippen LogP contribution is -2.39. The number of carbonyl (C=O) groups is 2. The number of ether oxygens (including phenoxy) is 3. The van der Waals surface area contributed by atoms with Gasteiger partial charge in [0.25, 0.3) is 5.91 Å². The number of nitrogens with one attached hydrogen (secondary N) is 1. The van der Waals surface area contributed by atoms with Crippen molar-refractivity contribution < 1.29 is 32.6 Å². The summed E-state index contributed by atoms with van der Waals surface area (Å²) >= 11 is 0. The van der Waals surface area contributed by atoms with Crippen LogP contribution in [0, 0.1) is 11.6 Å². The molecule has 0 aromatic heterocycles. The fourth-order valence-corrected chi connectivity index (χ4v) is 4.04. The first-order valence-corrected chi connectivity index (χ1v) is 10.3. The van der Waals surface area contributed by atoms with Crippen LogP contribution in [0.2, 0.25) is 0 Å². The Morgan fingerprint density at radius 2 is 1.53 bits per heavy atom. The van der Waals surface area contributed by atoms with E-state index < -0.39 is 29.5 Å². The summed E-state index contributed by atoms with van der Waals surface area (Å²) in [7, 11) is 4.29. The van der Waals surface area contributed by atoms with Crippen molar-refractivity contribution in [2.24, 2.45) is 0 Å². The zero-order valence-electron chi connectivity index (χ0n) is 18.7. The highest BCUT2D eigenvalue weighted by atomic mass is 19.1. The standard InChI is InChI=1S/C25H22F2N2O5/c1-32-20-10-15(11-21(33-2)24(20)34-3)25(31)29-13-22(30)28-19-9-8-17(27)12-18(19)23(29)14-4-6-16(26)7-5-14/h4-12,23H,13H2,1-3H3,(H,28,30). The van der Waals surface area contributed by atoms with Crippen LogP contribution in [0.4, 0.5) is 14.5 Å². The molecule has 176 valence electrons. The molecular weight excluding hydrogens is 446 g/mol. The van der Waals surface area contributed by atoms with Crippen LogP contribution in [0.1, 0.15) is 27.5 Å². The van der Waals surface area contributed by atoms with Gasteiger partial charge in [0.05, 0.1) is 27.4 Å². The van der Waals surface area contributed by atoms with Gasteiger partial charge < -0.3 is 24.4 Å². The summed E-state index contributed by atoms with van der Waals surface area (Å²) in [6.07, 6.45) is 0. The summed E-state index contributed by atoms with van der Waals surface area (Å²) in [6.45, 7) is -0.326. The van der Waals surface area contributed by atoms with Crippen molar-refractivity contribution in [1.82, 2.24) is 4.90 Å². The topological polar surface area (TPSA) is 77.1 Å². The molecule has 1 aliphatic rings. The highest BCUT2D eigenvalue weighted by molar-refractivity contribution is 6.02. The number of amides is 2. The van der Waals surface area contributed by atoms with E-state index in [0.29, 0.717) is 22.6 Å². The van der Waals surface area contributed by atoms with Gasteiger partial charge in [0.2, 0.25) is 11.7 Å². The third kappa shape index (κ3) is 4.24. The third-order valence-corrected chi connectivity index (χ3v) is 5.57. The second-order valence-electron chi connectivity index (χ2n) is 7.58. The molecule has 0 fully saturated rings. The molecular formula is C25H22F2N2O5.